The second-order valence-electron chi connectivity index (χ2n) is 10.5. The SMILES string of the molecule is c1ccc(-n2c(-c3ccc(-n4c5ccc6ccccc6c5c5c6ccsc6ccc54)cc3)nc3ccccc32)cc1. The Morgan fingerprint density at radius 1 is 0.488 bits per heavy atom. The molecule has 0 saturated heterocycles. The quantitative estimate of drug-likeness (QED) is 0.218. The molecule has 0 unspecified atom stereocenters. The lowest BCUT2D eigenvalue weighted by Gasteiger charge is -2.12. The maximum Gasteiger partial charge on any atom is 0.145 e. The lowest BCUT2D eigenvalue weighted by molar-refractivity contribution is 1.10. The summed E-state index contributed by atoms with van der Waals surface area (Å²) in [5.74, 6) is 0.942. The van der Waals surface area contributed by atoms with Crippen molar-refractivity contribution in [2.45, 2.75) is 0 Å². The summed E-state index contributed by atoms with van der Waals surface area (Å²) in [6.45, 7) is 0. The molecule has 41 heavy (non-hydrogen) atoms. The first-order valence-corrected chi connectivity index (χ1v) is 14.7. The second kappa shape index (κ2) is 8.65. The lowest BCUT2D eigenvalue weighted by Crippen LogP contribution is -1.98. The third kappa shape index (κ3) is 3.28. The standard InChI is InChI=1S/C37H23N3S/c1-2-9-26(10-3-1)40-31-13-7-6-12-30(31)38-37(40)25-14-17-27(18-15-25)39-32-19-16-24-8-4-5-11-28(24)35(32)36-29-22-23-41-34(29)21-20-33(36)39/h1-23H. The van der Waals surface area contributed by atoms with Gasteiger partial charge in [0.2, 0.25) is 0 Å². The van der Waals surface area contributed by atoms with E-state index < -0.39 is 0 Å². The number of nitrogens with zero attached hydrogens (tertiary/aromatic N) is 3. The smallest absolute Gasteiger partial charge is 0.145 e. The van der Waals surface area contributed by atoms with E-state index in [2.05, 4.69) is 142 Å². The number of imidazole rings is 1. The molecule has 192 valence electrons. The Kier molecular flexibility index (Phi) is 4.77. The van der Waals surface area contributed by atoms with Gasteiger partial charge in [0.05, 0.1) is 22.1 Å². The van der Waals surface area contributed by atoms with Crippen molar-refractivity contribution in [2.75, 3.05) is 0 Å². The van der Waals surface area contributed by atoms with Crippen LogP contribution in [0.3, 0.4) is 0 Å². The molecule has 9 aromatic rings. The molecule has 3 aromatic heterocycles. The number of para-hydroxylation sites is 3. The molecular weight excluding hydrogens is 518 g/mol. The van der Waals surface area contributed by atoms with Crippen LogP contribution < -0.4 is 0 Å². The molecule has 0 radical (unpaired) electrons. The molecule has 0 spiro atoms. The van der Waals surface area contributed by atoms with E-state index in [1.807, 2.05) is 6.07 Å². The molecule has 0 aliphatic heterocycles. The number of rotatable bonds is 3. The number of hydrogen-bond donors (Lipinski definition) is 0. The molecule has 0 atom stereocenters. The van der Waals surface area contributed by atoms with Crippen LogP contribution in [0.4, 0.5) is 0 Å². The summed E-state index contributed by atoms with van der Waals surface area (Å²) in [6.07, 6.45) is 0. The van der Waals surface area contributed by atoms with E-state index in [1.54, 1.807) is 11.3 Å². The van der Waals surface area contributed by atoms with Gasteiger partial charge in [-0.05, 0) is 88.9 Å². The van der Waals surface area contributed by atoms with Crippen LogP contribution >= 0.6 is 11.3 Å². The van der Waals surface area contributed by atoms with Crippen molar-refractivity contribution in [3.63, 3.8) is 0 Å². The normalized spacial score (nSPS) is 11.9. The van der Waals surface area contributed by atoms with Crippen LogP contribution in [0.2, 0.25) is 0 Å². The van der Waals surface area contributed by atoms with Crippen molar-refractivity contribution in [3.05, 3.63) is 139 Å². The van der Waals surface area contributed by atoms with Gasteiger partial charge in [-0.3, -0.25) is 4.57 Å². The zero-order valence-electron chi connectivity index (χ0n) is 22.0. The van der Waals surface area contributed by atoms with Crippen LogP contribution in [0.5, 0.6) is 0 Å². The average Bonchev–Trinajstić information content (AvgIpc) is 3.75. The van der Waals surface area contributed by atoms with Gasteiger partial charge in [-0.25, -0.2) is 4.98 Å². The third-order valence-corrected chi connectivity index (χ3v) is 9.09. The van der Waals surface area contributed by atoms with Crippen molar-refractivity contribution >= 4 is 65.0 Å². The molecule has 0 saturated carbocycles. The summed E-state index contributed by atoms with van der Waals surface area (Å²) in [5.41, 5.74) is 7.88. The Labute approximate surface area is 240 Å². The van der Waals surface area contributed by atoms with Crippen LogP contribution in [-0.4, -0.2) is 14.1 Å². The molecule has 3 nitrogen and oxygen atoms in total. The molecule has 6 aromatic carbocycles. The van der Waals surface area contributed by atoms with Gasteiger partial charge in [0.1, 0.15) is 5.82 Å². The van der Waals surface area contributed by atoms with E-state index in [0.29, 0.717) is 0 Å². The Bertz CT molecular complexity index is 2410. The molecule has 0 amide bonds. The van der Waals surface area contributed by atoms with E-state index in [4.69, 9.17) is 4.98 Å². The Morgan fingerprint density at radius 2 is 1.20 bits per heavy atom. The predicted octanol–water partition coefficient (Wildman–Crippen LogP) is 10.2. The van der Waals surface area contributed by atoms with E-state index >= 15 is 0 Å². The molecule has 9 rings (SSSR count). The van der Waals surface area contributed by atoms with Crippen molar-refractivity contribution < 1.29 is 0 Å². The second-order valence-corrected chi connectivity index (χ2v) is 11.4. The molecule has 4 heteroatoms. The lowest BCUT2D eigenvalue weighted by atomic mass is 10.0. The molecule has 0 fully saturated rings. The number of fused-ring (bicyclic) bond motifs is 8. The van der Waals surface area contributed by atoms with E-state index in [-0.39, 0.29) is 0 Å². The Balaban J connectivity index is 1.29. The minimum Gasteiger partial charge on any atom is -0.309 e. The molecular formula is C37H23N3S. The fraction of sp³-hybridized carbons (Fsp3) is 0. The first-order valence-electron chi connectivity index (χ1n) is 13.8. The zero-order chi connectivity index (χ0) is 26.9. The largest absolute Gasteiger partial charge is 0.309 e. The molecule has 0 aliphatic rings. The fourth-order valence-corrected chi connectivity index (χ4v) is 7.21. The van der Waals surface area contributed by atoms with Crippen LogP contribution in [-0.2, 0) is 0 Å². The van der Waals surface area contributed by atoms with Gasteiger partial charge in [0.15, 0.2) is 0 Å². The highest BCUT2D eigenvalue weighted by atomic mass is 32.1. The first kappa shape index (κ1) is 22.6. The molecule has 0 bridgehead atoms. The number of thiophene rings is 1. The first-order chi connectivity index (χ1) is 20.3. The summed E-state index contributed by atoms with van der Waals surface area (Å²) < 4.78 is 5.99. The topological polar surface area (TPSA) is 22.8 Å². The molecule has 0 N–H and O–H groups in total. The third-order valence-electron chi connectivity index (χ3n) is 8.21. The summed E-state index contributed by atoms with van der Waals surface area (Å²) in [7, 11) is 0. The van der Waals surface area contributed by atoms with Crippen LogP contribution in [0.1, 0.15) is 0 Å². The average molecular weight is 542 g/mol. The maximum absolute atomic E-state index is 5.07. The summed E-state index contributed by atoms with van der Waals surface area (Å²) in [6, 6.07) is 47.8. The van der Waals surface area contributed by atoms with Gasteiger partial charge in [-0.15, -0.1) is 11.3 Å². The monoisotopic (exact) mass is 541 g/mol. The molecule has 0 aliphatic carbocycles. The number of hydrogen-bond acceptors (Lipinski definition) is 2. The van der Waals surface area contributed by atoms with Gasteiger partial charge >= 0.3 is 0 Å². The van der Waals surface area contributed by atoms with Crippen molar-refractivity contribution in [1.82, 2.24) is 14.1 Å². The Morgan fingerprint density at radius 3 is 2.07 bits per heavy atom. The van der Waals surface area contributed by atoms with Gasteiger partial charge in [0.25, 0.3) is 0 Å². The van der Waals surface area contributed by atoms with E-state index in [9.17, 15) is 0 Å². The van der Waals surface area contributed by atoms with Crippen molar-refractivity contribution in [2.24, 2.45) is 0 Å². The molecule has 3 heterocycles. The highest BCUT2D eigenvalue weighted by Crippen LogP contribution is 2.41. The van der Waals surface area contributed by atoms with Gasteiger partial charge in [0, 0.05) is 37.8 Å². The summed E-state index contributed by atoms with van der Waals surface area (Å²) >= 11 is 1.80. The predicted molar refractivity (Wildman–Crippen MR) is 174 cm³/mol. The summed E-state index contributed by atoms with van der Waals surface area (Å²) in [5, 5.41) is 8.72. The highest BCUT2D eigenvalue weighted by molar-refractivity contribution is 7.17. The number of aromatic nitrogens is 3. The van der Waals surface area contributed by atoms with Gasteiger partial charge in [-0.2, -0.15) is 0 Å². The van der Waals surface area contributed by atoms with Crippen molar-refractivity contribution in [3.8, 4) is 22.8 Å². The van der Waals surface area contributed by atoms with Gasteiger partial charge in [-0.1, -0.05) is 60.7 Å². The zero-order valence-corrected chi connectivity index (χ0v) is 22.8. The minimum atomic E-state index is 0.942. The summed E-state index contributed by atoms with van der Waals surface area (Å²) in [4.78, 5) is 5.07. The van der Waals surface area contributed by atoms with Gasteiger partial charge < -0.3 is 4.57 Å². The minimum absolute atomic E-state index is 0.942. The van der Waals surface area contributed by atoms with Crippen LogP contribution in [0.25, 0.3) is 76.5 Å². The van der Waals surface area contributed by atoms with Crippen LogP contribution in [0, 0.1) is 0 Å². The van der Waals surface area contributed by atoms with Crippen molar-refractivity contribution in [1.29, 1.82) is 0 Å². The van der Waals surface area contributed by atoms with E-state index in [0.717, 1.165) is 33.8 Å². The van der Waals surface area contributed by atoms with E-state index in [1.165, 1.54) is 42.7 Å². The van der Waals surface area contributed by atoms with Crippen LogP contribution in [0.15, 0.2) is 139 Å². The fourth-order valence-electron chi connectivity index (χ4n) is 6.42. The number of benzene rings is 6. The Hall–Kier alpha value is -5.19. The highest BCUT2D eigenvalue weighted by Gasteiger charge is 2.18. The maximum atomic E-state index is 5.07.